The van der Waals surface area contributed by atoms with Crippen LogP contribution < -0.4 is 10.6 Å². The van der Waals surface area contributed by atoms with E-state index in [2.05, 4.69) is 15.6 Å². The van der Waals surface area contributed by atoms with E-state index in [4.69, 9.17) is 9.47 Å². The van der Waals surface area contributed by atoms with E-state index >= 15 is 0 Å². The predicted octanol–water partition coefficient (Wildman–Crippen LogP) is 4.87. The number of amides is 2. The molecule has 0 saturated heterocycles. The minimum Gasteiger partial charge on any atom is -0.444 e. The second kappa shape index (κ2) is 13.8. The van der Waals surface area contributed by atoms with Crippen LogP contribution in [-0.4, -0.2) is 46.1 Å². The summed E-state index contributed by atoms with van der Waals surface area (Å²) in [5.74, 6) is 0. The van der Waals surface area contributed by atoms with Crippen molar-refractivity contribution in [3.05, 3.63) is 88.4 Å². The van der Waals surface area contributed by atoms with Gasteiger partial charge in [0.2, 0.25) is 0 Å². The maximum atomic E-state index is 12.6. The fourth-order valence-corrected chi connectivity index (χ4v) is 4.32. The number of hydrogen-bond acceptors (Lipinski definition) is 7. The number of aromatic nitrogens is 1. The van der Waals surface area contributed by atoms with Gasteiger partial charge in [0, 0.05) is 12.2 Å². The van der Waals surface area contributed by atoms with Gasteiger partial charge in [-0.25, -0.2) is 9.59 Å². The first-order chi connectivity index (χ1) is 17.7. The molecule has 2 amide bonds. The zero-order chi connectivity index (χ0) is 26.7. The summed E-state index contributed by atoms with van der Waals surface area (Å²) in [6, 6.07) is 18.2. The summed E-state index contributed by atoms with van der Waals surface area (Å²) < 4.78 is 10.8. The maximum absolute atomic E-state index is 12.6. The fourth-order valence-electron chi connectivity index (χ4n) is 3.82. The number of rotatable bonds is 11. The molecule has 8 nitrogen and oxygen atoms in total. The van der Waals surface area contributed by atoms with Crippen molar-refractivity contribution in [3.63, 3.8) is 0 Å². The lowest BCUT2D eigenvalue weighted by Crippen LogP contribution is -2.49. The topological polar surface area (TPSA) is 110 Å². The number of carbonyl (C=O) groups excluding carboxylic acids is 2. The summed E-state index contributed by atoms with van der Waals surface area (Å²) >= 11 is 1.40. The number of hydrogen-bond donors (Lipinski definition) is 3. The summed E-state index contributed by atoms with van der Waals surface area (Å²) in [4.78, 5) is 30.0. The molecule has 0 radical (unpaired) electrons. The van der Waals surface area contributed by atoms with Crippen molar-refractivity contribution in [2.75, 3.05) is 0 Å². The van der Waals surface area contributed by atoms with Crippen LogP contribution in [0.2, 0.25) is 0 Å². The van der Waals surface area contributed by atoms with Crippen LogP contribution in [0.5, 0.6) is 0 Å². The van der Waals surface area contributed by atoms with Gasteiger partial charge in [0.25, 0.3) is 0 Å². The van der Waals surface area contributed by atoms with Gasteiger partial charge in [-0.15, -0.1) is 11.3 Å². The van der Waals surface area contributed by atoms with Crippen LogP contribution in [0.25, 0.3) is 0 Å². The molecule has 9 heteroatoms. The normalized spacial score (nSPS) is 13.7. The number of aliphatic hydroxyl groups excluding tert-OH is 1. The van der Waals surface area contributed by atoms with Crippen LogP contribution in [0.15, 0.2) is 72.4 Å². The molecule has 0 spiro atoms. The van der Waals surface area contributed by atoms with E-state index in [-0.39, 0.29) is 13.0 Å². The zero-order valence-electron chi connectivity index (χ0n) is 21.4. The van der Waals surface area contributed by atoms with E-state index in [1.165, 1.54) is 11.3 Å². The standard InChI is InChI=1S/C28H35N3O5S/c1-28(2,3)36-27(34)31-24(15-21-12-8-5-9-13-21)25(32)16-22(14-20-10-6-4-7-11-20)30-26(33)35-18-23-17-29-19-37-23/h4-13,17,19,22,24-25,32H,14-16,18H2,1-3H3,(H,30,33)(H,31,34)/t22-,24-,25-/m0/s1. The lowest BCUT2D eigenvalue weighted by atomic mass is 9.94. The Morgan fingerprint density at radius 1 is 0.946 bits per heavy atom. The smallest absolute Gasteiger partial charge is 0.407 e. The zero-order valence-corrected chi connectivity index (χ0v) is 22.2. The molecule has 0 aliphatic carbocycles. The minimum absolute atomic E-state index is 0.119. The first-order valence-corrected chi connectivity index (χ1v) is 13.1. The van der Waals surface area contributed by atoms with Crippen molar-refractivity contribution in [1.29, 1.82) is 0 Å². The molecule has 0 fully saturated rings. The predicted molar refractivity (Wildman–Crippen MR) is 143 cm³/mol. The highest BCUT2D eigenvalue weighted by atomic mass is 32.1. The highest BCUT2D eigenvalue weighted by Gasteiger charge is 2.28. The van der Waals surface area contributed by atoms with Crippen molar-refractivity contribution in [2.45, 2.75) is 70.4 Å². The summed E-state index contributed by atoms with van der Waals surface area (Å²) in [6.45, 7) is 5.47. The number of nitrogens with zero attached hydrogens (tertiary/aromatic N) is 1. The quantitative estimate of drug-likeness (QED) is 0.330. The first-order valence-electron chi connectivity index (χ1n) is 12.2. The molecule has 1 aromatic heterocycles. The van der Waals surface area contributed by atoms with Crippen molar-refractivity contribution < 1.29 is 24.2 Å². The van der Waals surface area contributed by atoms with Gasteiger partial charge in [-0.1, -0.05) is 60.7 Å². The van der Waals surface area contributed by atoms with Gasteiger partial charge in [0.05, 0.1) is 22.5 Å². The van der Waals surface area contributed by atoms with E-state index in [0.29, 0.717) is 12.8 Å². The van der Waals surface area contributed by atoms with E-state index in [1.807, 2.05) is 60.7 Å². The molecule has 1 heterocycles. The number of thiazole rings is 1. The Bertz CT molecular complexity index is 1090. The number of ether oxygens (including phenoxy) is 2. The van der Waals surface area contributed by atoms with E-state index < -0.39 is 36.0 Å². The Morgan fingerprint density at radius 3 is 2.14 bits per heavy atom. The van der Waals surface area contributed by atoms with Gasteiger partial charge in [-0.2, -0.15) is 0 Å². The molecule has 0 bridgehead atoms. The number of aliphatic hydroxyl groups is 1. The molecule has 3 rings (SSSR count). The third-order valence-electron chi connectivity index (χ3n) is 5.47. The van der Waals surface area contributed by atoms with E-state index in [9.17, 15) is 14.7 Å². The highest BCUT2D eigenvalue weighted by molar-refractivity contribution is 7.09. The van der Waals surface area contributed by atoms with Gasteiger partial charge in [-0.3, -0.25) is 4.98 Å². The SMILES string of the molecule is CC(C)(C)OC(=O)N[C@@H](Cc1ccccc1)[C@@H](O)C[C@H](Cc1ccccc1)NC(=O)OCc1cncs1. The third-order valence-corrected chi connectivity index (χ3v) is 6.22. The van der Waals surface area contributed by atoms with E-state index in [0.717, 1.165) is 16.0 Å². The second-order valence-electron chi connectivity index (χ2n) is 9.82. The molecule has 0 aliphatic heterocycles. The Hall–Kier alpha value is -3.43. The number of nitrogens with one attached hydrogen (secondary N) is 2. The summed E-state index contributed by atoms with van der Waals surface area (Å²) in [7, 11) is 0. The Kier molecular flexibility index (Phi) is 10.5. The van der Waals surface area contributed by atoms with Gasteiger partial charge in [0.15, 0.2) is 0 Å². The molecule has 0 aliphatic rings. The van der Waals surface area contributed by atoms with Gasteiger partial charge in [0.1, 0.15) is 12.2 Å². The molecule has 0 saturated carbocycles. The molecule has 3 N–H and O–H groups in total. The lowest BCUT2D eigenvalue weighted by Gasteiger charge is -2.29. The van der Waals surface area contributed by atoms with Gasteiger partial charge >= 0.3 is 12.2 Å². The van der Waals surface area contributed by atoms with Crippen molar-refractivity contribution in [2.24, 2.45) is 0 Å². The molecule has 3 atom stereocenters. The van der Waals surface area contributed by atoms with E-state index in [1.54, 1.807) is 32.5 Å². The largest absolute Gasteiger partial charge is 0.444 e. The molecule has 2 aromatic carbocycles. The fraction of sp³-hybridized carbons (Fsp3) is 0.393. The average molecular weight is 526 g/mol. The van der Waals surface area contributed by atoms with Crippen LogP contribution in [0, 0.1) is 0 Å². The molecule has 0 unspecified atom stereocenters. The Morgan fingerprint density at radius 2 is 1.57 bits per heavy atom. The third kappa shape index (κ3) is 10.6. The van der Waals surface area contributed by atoms with Crippen LogP contribution in [0.3, 0.4) is 0 Å². The van der Waals surface area contributed by atoms with Crippen LogP contribution in [-0.2, 0) is 28.9 Å². The average Bonchev–Trinajstić information content (AvgIpc) is 3.36. The number of benzene rings is 2. The van der Waals surface area contributed by atoms with Crippen molar-refractivity contribution in [3.8, 4) is 0 Å². The Labute approximate surface area is 222 Å². The first kappa shape index (κ1) is 28.1. The van der Waals surface area contributed by atoms with Crippen LogP contribution >= 0.6 is 11.3 Å². The van der Waals surface area contributed by atoms with Gasteiger partial charge in [-0.05, 0) is 51.2 Å². The lowest BCUT2D eigenvalue weighted by molar-refractivity contribution is 0.0398. The monoisotopic (exact) mass is 525 g/mol. The number of alkyl carbamates (subject to hydrolysis) is 2. The molecule has 37 heavy (non-hydrogen) atoms. The van der Waals surface area contributed by atoms with Crippen molar-refractivity contribution >= 4 is 23.5 Å². The highest BCUT2D eigenvalue weighted by Crippen LogP contribution is 2.16. The van der Waals surface area contributed by atoms with Gasteiger partial charge < -0.3 is 25.2 Å². The minimum atomic E-state index is -0.969. The van der Waals surface area contributed by atoms with Crippen LogP contribution in [0.4, 0.5) is 9.59 Å². The molecule has 198 valence electrons. The summed E-state index contributed by atoms with van der Waals surface area (Å²) in [5, 5.41) is 17.0. The van der Waals surface area contributed by atoms with Crippen molar-refractivity contribution in [1.82, 2.24) is 15.6 Å². The molecule has 3 aromatic rings. The summed E-state index contributed by atoms with van der Waals surface area (Å²) in [5.41, 5.74) is 2.96. The number of carbonyl (C=O) groups is 2. The molecular weight excluding hydrogens is 490 g/mol. The summed E-state index contributed by atoms with van der Waals surface area (Å²) in [6.07, 6.45) is 0.568. The maximum Gasteiger partial charge on any atom is 0.407 e. The Balaban J connectivity index is 1.71. The molecular formula is C28H35N3O5S. The second-order valence-corrected chi connectivity index (χ2v) is 10.8. The van der Waals surface area contributed by atoms with Crippen LogP contribution in [0.1, 0.15) is 43.2 Å².